The molecule has 84 valence electrons. The molecule has 6 heteroatoms. The van der Waals surface area contributed by atoms with E-state index in [4.69, 9.17) is 0 Å². The van der Waals surface area contributed by atoms with Crippen molar-refractivity contribution in [1.29, 1.82) is 0 Å². The van der Waals surface area contributed by atoms with Crippen LogP contribution in [-0.2, 0) is 16.4 Å². The van der Waals surface area contributed by atoms with Gasteiger partial charge in [-0.3, -0.25) is 0 Å². The van der Waals surface area contributed by atoms with Crippen molar-refractivity contribution < 1.29 is 8.42 Å². The Kier molecular flexibility index (Phi) is 2.83. The van der Waals surface area contributed by atoms with Crippen molar-refractivity contribution in [2.45, 2.75) is 25.4 Å². The van der Waals surface area contributed by atoms with Crippen LogP contribution in [0, 0.1) is 0 Å². The summed E-state index contributed by atoms with van der Waals surface area (Å²) in [7, 11) is -2.83. The molecule has 0 aromatic carbocycles. The topological polar surface area (TPSA) is 59.1 Å². The van der Waals surface area contributed by atoms with Crippen LogP contribution in [0.5, 0.6) is 0 Å². The van der Waals surface area contributed by atoms with Crippen LogP contribution in [0.3, 0.4) is 0 Å². The Hall–Kier alpha value is -0.460. The van der Waals surface area contributed by atoms with Gasteiger partial charge in [0.15, 0.2) is 9.84 Å². The van der Waals surface area contributed by atoms with E-state index in [1.165, 1.54) is 0 Å². The highest BCUT2D eigenvalue weighted by Gasteiger charge is 2.37. The van der Waals surface area contributed by atoms with Gasteiger partial charge in [0.05, 0.1) is 22.7 Å². The van der Waals surface area contributed by atoms with Gasteiger partial charge in [-0.2, -0.15) is 0 Å². The Morgan fingerprint density at radius 2 is 2.47 bits per heavy atom. The molecule has 0 bridgehead atoms. The normalized spacial score (nSPS) is 29.4. The van der Waals surface area contributed by atoms with Crippen LogP contribution in [0.2, 0.25) is 0 Å². The summed E-state index contributed by atoms with van der Waals surface area (Å²) in [6.45, 7) is 2.61. The van der Waals surface area contributed by atoms with Gasteiger partial charge in [-0.15, -0.1) is 11.3 Å². The average molecular weight is 246 g/mol. The summed E-state index contributed by atoms with van der Waals surface area (Å²) in [5, 5.41) is 5.25. The van der Waals surface area contributed by atoms with E-state index in [2.05, 4.69) is 10.3 Å². The SMILES string of the molecule is CC1(NCc2cscn2)CCS(=O)(=O)C1. The zero-order chi connectivity index (χ0) is 10.9. The van der Waals surface area contributed by atoms with E-state index in [0.717, 1.165) is 5.69 Å². The molecule has 1 aromatic heterocycles. The molecule has 1 aromatic rings. The van der Waals surface area contributed by atoms with E-state index in [1.807, 2.05) is 12.3 Å². The zero-order valence-corrected chi connectivity index (χ0v) is 10.2. The van der Waals surface area contributed by atoms with Crippen LogP contribution in [0.15, 0.2) is 10.9 Å². The van der Waals surface area contributed by atoms with Crippen molar-refractivity contribution >= 4 is 21.2 Å². The van der Waals surface area contributed by atoms with Gasteiger partial charge in [0.25, 0.3) is 0 Å². The predicted molar refractivity (Wildman–Crippen MR) is 60.6 cm³/mol. The number of hydrogen-bond acceptors (Lipinski definition) is 5. The Morgan fingerprint density at radius 3 is 3.00 bits per heavy atom. The zero-order valence-electron chi connectivity index (χ0n) is 8.56. The molecule has 0 spiro atoms. The average Bonchev–Trinajstić information content (AvgIpc) is 2.71. The predicted octanol–water partition coefficient (Wildman–Crippen LogP) is 0.810. The van der Waals surface area contributed by atoms with E-state index in [-0.39, 0.29) is 11.3 Å². The first kappa shape index (κ1) is 11.0. The molecule has 0 saturated carbocycles. The van der Waals surface area contributed by atoms with Gasteiger partial charge in [0, 0.05) is 17.5 Å². The van der Waals surface area contributed by atoms with Gasteiger partial charge in [-0.05, 0) is 13.3 Å². The third-order valence-electron chi connectivity index (χ3n) is 2.68. The lowest BCUT2D eigenvalue weighted by Crippen LogP contribution is -2.42. The molecule has 1 aliphatic rings. The summed E-state index contributed by atoms with van der Waals surface area (Å²) < 4.78 is 22.7. The molecule has 0 radical (unpaired) electrons. The molecular weight excluding hydrogens is 232 g/mol. The van der Waals surface area contributed by atoms with Gasteiger partial charge >= 0.3 is 0 Å². The second kappa shape index (κ2) is 3.84. The second-order valence-corrected chi connectivity index (χ2v) is 7.14. The molecule has 0 aliphatic carbocycles. The summed E-state index contributed by atoms with van der Waals surface area (Å²) in [5.74, 6) is 0.539. The van der Waals surface area contributed by atoms with Crippen molar-refractivity contribution in [2.24, 2.45) is 0 Å². The first-order valence-corrected chi connectivity index (χ1v) is 7.58. The number of thiazole rings is 1. The van der Waals surface area contributed by atoms with Crippen LogP contribution in [0.1, 0.15) is 19.0 Å². The molecule has 2 heterocycles. The Balaban J connectivity index is 1.95. The molecule has 1 atom stereocenters. The van der Waals surface area contributed by atoms with Crippen LogP contribution >= 0.6 is 11.3 Å². The number of rotatable bonds is 3. The lowest BCUT2D eigenvalue weighted by atomic mass is 10.0. The largest absolute Gasteiger partial charge is 0.305 e. The minimum atomic E-state index is -2.83. The molecule has 0 amide bonds. The highest BCUT2D eigenvalue weighted by atomic mass is 32.2. The number of nitrogens with one attached hydrogen (secondary N) is 1. The van der Waals surface area contributed by atoms with Gasteiger partial charge in [-0.1, -0.05) is 0 Å². The van der Waals surface area contributed by atoms with Crippen LogP contribution in [0.25, 0.3) is 0 Å². The molecule has 1 aliphatic heterocycles. The monoisotopic (exact) mass is 246 g/mol. The van der Waals surface area contributed by atoms with Crippen LogP contribution in [0.4, 0.5) is 0 Å². The quantitative estimate of drug-likeness (QED) is 0.857. The summed E-state index contributed by atoms with van der Waals surface area (Å²) in [6.07, 6.45) is 0.694. The van der Waals surface area contributed by atoms with Crippen LogP contribution < -0.4 is 5.32 Å². The highest BCUT2D eigenvalue weighted by molar-refractivity contribution is 7.91. The lowest BCUT2D eigenvalue weighted by molar-refractivity contribution is 0.393. The molecule has 1 N–H and O–H groups in total. The van der Waals surface area contributed by atoms with Crippen molar-refractivity contribution in [3.8, 4) is 0 Å². The first-order valence-electron chi connectivity index (χ1n) is 4.82. The minimum absolute atomic E-state index is 0.240. The summed E-state index contributed by atoms with van der Waals surface area (Å²) in [5.41, 5.74) is 2.48. The highest BCUT2D eigenvalue weighted by Crippen LogP contribution is 2.23. The van der Waals surface area contributed by atoms with Gasteiger partial charge in [0.2, 0.25) is 0 Å². The van der Waals surface area contributed by atoms with Crippen molar-refractivity contribution in [3.05, 3.63) is 16.6 Å². The maximum atomic E-state index is 11.4. The summed E-state index contributed by atoms with van der Waals surface area (Å²) in [6, 6.07) is 0. The van der Waals surface area contributed by atoms with Crippen molar-refractivity contribution in [1.82, 2.24) is 10.3 Å². The number of sulfone groups is 1. The minimum Gasteiger partial charge on any atom is -0.305 e. The molecule has 15 heavy (non-hydrogen) atoms. The standard InChI is InChI=1S/C9H14N2O2S2/c1-9(2-3-15(12,13)6-9)11-4-8-5-14-7-10-8/h5,7,11H,2-4,6H2,1H3. The third-order valence-corrected chi connectivity index (χ3v) is 5.22. The third kappa shape index (κ3) is 2.76. The molecule has 1 unspecified atom stereocenters. The second-order valence-electron chi connectivity index (χ2n) is 4.24. The fourth-order valence-corrected chi connectivity index (χ4v) is 4.46. The Morgan fingerprint density at radius 1 is 1.67 bits per heavy atom. The first-order chi connectivity index (χ1) is 6.99. The maximum Gasteiger partial charge on any atom is 0.152 e. The summed E-state index contributed by atoms with van der Waals surface area (Å²) in [4.78, 5) is 4.15. The van der Waals surface area contributed by atoms with Gasteiger partial charge in [-0.25, -0.2) is 13.4 Å². The van der Waals surface area contributed by atoms with Gasteiger partial charge in [0.1, 0.15) is 0 Å². The van der Waals surface area contributed by atoms with Crippen molar-refractivity contribution in [2.75, 3.05) is 11.5 Å². The number of aromatic nitrogens is 1. The summed E-state index contributed by atoms with van der Waals surface area (Å²) >= 11 is 1.55. The van der Waals surface area contributed by atoms with Gasteiger partial charge < -0.3 is 5.32 Å². The molecule has 1 fully saturated rings. The number of hydrogen-bond donors (Lipinski definition) is 1. The fourth-order valence-electron chi connectivity index (χ4n) is 1.78. The van der Waals surface area contributed by atoms with E-state index in [9.17, 15) is 8.42 Å². The smallest absolute Gasteiger partial charge is 0.152 e. The molecule has 2 rings (SSSR count). The molecule has 1 saturated heterocycles. The number of nitrogens with zero attached hydrogens (tertiary/aromatic N) is 1. The van der Waals surface area contributed by atoms with E-state index >= 15 is 0 Å². The van der Waals surface area contributed by atoms with E-state index in [1.54, 1.807) is 16.8 Å². The fraction of sp³-hybridized carbons (Fsp3) is 0.667. The Bertz CT molecular complexity index is 427. The van der Waals surface area contributed by atoms with Crippen molar-refractivity contribution in [3.63, 3.8) is 0 Å². The molecule has 4 nitrogen and oxygen atoms in total. The lowest BCUT2D eigenvalue weighted by Gasteiger charge is -2.23. The van der Waals surface area contributed by atoms with E-state index in [0.29, 0.717) is 18.7 Å². The maximum absolute atomic E-state index is 11.4. The molecular formula is C9H14N2O2S2. The van der Waals surface area contributed by atoms with Crippen LogP contribution in [-0.4, -0.2) is 30.4 Å². The Labute approximate surface area is 93.7 Å². The van der Waals surface area contributed by atoms with E-state index < -0.39 is 9.84 Å².